The number of carbonyl (C=O) groups is 1. The van der Waals surface area contributed by atoms with Gasteiger partial charge in [-0.1, -0.05) is 19.3 Å². The monoisotopic (exact) mass is 326 g/mol. The highest BCUT2D eigenvalue weighted by molar-refractivity contribution is 5.80. The van der Waals surface area contributed by atoms with Crippen LogP contribution in [0, 0.1) is 0 Å². The van der Waals surface area contributed by atoms with Gasteiger partial charge >= 0.3 is 0 Å². The Hall–Kier alpha value is -2.50. The van der Waals surface area contributed by atoms with Crippen molar-refractivity contribution < 1.29 is 4.79 Å². The maximum absolute atomic E-state index is 12.5. The van der Waals surface area contributed by atoms with Crippen LogP contribution in [0.15, 0.2) is 41.5 Å². The van der Waals surface area contributed by atoms with Gasteiger partial charge in [-0.15, -0.1) is 0 Å². The quantitative estimate of drug-likeness (QED) is 0.935. The third-order valence-electron chi connectivity index (χ3n) is 4.48. The molecule has 0 aromatic carbocycles. The summed E-state index contributed by atoms with van der Waals surface area (Å²) in [7, 11) is 0. The van der Waals surface area contributed by atoms with Crippen LogP contribution in [0.25, 0.3) is 11.3 Å². The summed E-state index contributed by atoms with van der Waals surface area (Å²) >= 11 is 0. The van der Waals surface area contributed by atoms with Crippen molar-refractivity contribution in [3.63, 3.8) is 0 Å². The van der Waals surface area contributed by atoms with Crippen LogP contribution >= 0.6 is 0 Å². The molecule has 1 aliphatic carbocycles. The molecule has 1 aliphatic rings. The van der Waals surface area contributed by atoms with Crippen molar-refractivity contribution in [1.29, 1.82) is 0 Å². The van der Waals surface area contributed by atoms with E-state index in [1.54, 1.807) is 25.4 Å². The molecule has 0 radical (unpaired) electrons. The zero-order valence-corrected chi connectivity index (χ0v) is 13.8. The number of hydrogen-bond acceptors (Lipinski definition) is 4. The highest BCUT2D eigenvalue weighted by Crippen LogP contribution is 2.18. The van der Waals surface area contributed by atoms with Crippen LogP contribution in [0.1, 0.15) is 45.1 Å². The lowest BCUT2D eigenvalue weighted by Crippen LogP contribution is -2.42. The Kier molecular flexibility index (Phi) is 5.03. The first-order valence-electron chi connectivity index (χ1n) is 8.46. The summed E-state index contributed by atoms with van der Waals surface area (Å²) in [6.45, 7) is 1.71. The molecule has 24 heavy (non-hydrogen) atoms. The number of nitrogens with one attached hydrogen (secondary N) is 1. The van der Waals surface area contributed by atoms with Crippen molar-refractivity contribution in [2.75, 3.05) is 0 Å². The second kappa shape index (κ2) is 7.38. The highest BCUT2D eigenvalue weighted by Gasteiger charge is 2.22. The van der Waals surface area contributed by atoms with Crippen LogP contribution in [-0.2, 0) is 4.79 Å². The Morgan fingerprint density at radius 2 is 2.04 bits per heavy atom. The van der Waals surface area contributed by atoms with Gasteiger partial charge in [0.2, 0.25) is 5.91 Å². The molecular formula is C18H22N4O2. The van der Waals surface area contributed by atoms with E-state index in [4.69, 9.17) is 0 Å². The molecule has 1 atom stereocenters. The number of carbonyl (C=O) groups excluding carboxylic acids is 1. The predicted octanol–water partition coefficient (Wildman–Crippen LogP) is 2.32. The smallest absolute Gasteiger partial charge is 0.267 e. The Morgan fingerprint density at radius 1 is 1.25 bits per heavy atom. The molecule has 1 N–H and O–H groups in total. The molecule has 0 saturated heterocycles. The van der Waals surface area contributed by atoms with Crippen molar-refractivity contribution in [2.45, 2.75) is 51.1 Å². The molecule has 0 aliphatic heterocycles. The van der Waals surface area contributed by atoms with Crippen LogP contribution < -0.4 is 10.9 Å². The lowest BCUT2D eigenvalue weighted by atomic mass is 9.95. The van der Waals surface area contributed by atoms with Gasteiger partial charge in [0.05, 0.1) is 5.69 Å². The molecule has 0 bridgehead atoms. The lowest BCUT2D eigenvalue weighted by Gasteiger charge is -2.24. The lowest BCUT2D eigenvalue weighted by molar-refractivity contribution is -0.125. The van der Waals surface area contributed by atoms with Crippen LogP contribution in [0.5, 0.6) is 0 Å². The number of hydrogen-bond donors (Lipinski definition) is 1. The van der Waals surface area contributed by atoms with E-state index in [1.807, 2.05) is 12.1 Å². The van der Waals surface area contributed by atoms with Crippen LogP contribution in [0.4, 0.5) is 0 Å². The van der Waals surface area contributed by atoms with E-state index < -0.39 is 6.04 Å². The van der Waals surface area contributed by atoms with E-state index in [-0.39, 0.29) is 17.5 Å². The molecule has 0 spiro atoms. The van der Waals surface area contributed by atoms with E-state index >= 15 is 0 Å². The van der Waals surface area contributed by atoms with Gasteiger partial charge in [-0.2, -0.15) is 5.10 Å². The summed E-state index contributed by atoms with van der Waals surface area (Å²) in [5, 5.41) is 7.41. The third-order valence-corrected chi connectivity index (χ3v) is 4.48. The molecule has 1 saturated carbocycles. The fraction of sp³-hybridized carbons (Fsp3) is 0.444. The van der Waals surface area contributed by atoms with Gasteiger partial charge in [0.25, 0.3) is 5.56 Å². The number of amides is 1. The Morgan fingerprint density at radius 3 is 2.75 bits per heavy atom. The van der Waals surface area contributed by atoms with Crippen LogP contribution in [-0.4, -0.2) is 26.7 Å². The minimum absolute atomic E-state index is 0.153. The van der Waals surface area contributed by atoms with Crippen LogP contribution in [0.2, 0.25) is 0 Å². The standard InChI is InChI=1S/C18H22N4O2/c1-13(18(24)20-15-7-3-2-4-8-15)22-17(23)10-9-16(21-22)14-6-5-11-19-12-14/h5-6,9-13,15H,2-4,7-8H2,1H3,(H,20,24). The summed E-state index contributed by atoms with van der Waals surface area (Å²) in [6.07, 6.45) is 8.91. The minimum Gasteiger partial charge on any atom is -0.352 e. The fourth-order valence-corrected chi connectivity index (χ4v) is 3.05. The molecule has 2 heterocycles. The molecule has 3 rings (SSSR count). The Balaban J connectivity index is 1.79. The molecule has 1 amide bonds. The Labute approximate surface area is 140 Å². The van der Waals surface area contributed by atoms with Gasteiger partial charge in [0.15, 0.2) is 0 Å². The molecular weight excluding hydrogens is 304 g/mol. The summed E-state index contributed by atoms with van der Waals surface area (Å²) in [5.41, 5.74) is 1.15. The van der Waals surface area contributed by atoms with Gasteiger partial charge in [-0.25, -0.2) is 4.68 Å². The molecule has 6 nitrogen and oxygen atoms in total. The van der Waals surface area contributed by atoms with E-state index in [9.17, 15) is 9.59 Å². The summed E-state index contributed by atoms with van der Waals surface area (Å²) < 4.78 is 1.25. The predicted molar refractivity (Wildman–Crippen MR) is 91.5 cm³/mol. The number of aromatic nitrogens is 3. The Bertz CT molecular complexity index is 751. The van der Waals surface area contributed by atoms with Gasteiger partial charge < -0.3 is 5.32 Å². The molecule has 2 aromatic rings. The average Bonchev–Trinajstić information content (AvgIpc) is 2.63. The normalized spacial score (nSPS) is 16.5. The van der Waals surface area contributed by atoms with Crippen LogP contribution in [0.3, 0.4) is 0 Å². The largest absolute Gasteiger partial charge is 0.352 e. The third kappa shape index (κ3) is 3.69. The van der Waals surface area contributed by atoms with Crippen molar-refractivity contribution in [3.05, 3.63) is 47.0 Å². The summed E-state index contributed by atoms with van der Waals surface area (Å²) in [5.74, 6) is -0.153. The number of rotatable bonds is 4. The second-order valence-electron chi connectivity index (χ2n) is 6.26. The van der Waals surface area contributed by atoms with Gasteiger partial charge in [0.1, 0.15) is 6.04 Å². The minimum atomic E-state index is -0.643. The van der Waals surface area contributed by atoms with E-state index in [0.717, 1.165) is 31.2 Å². The fourth-order valence-electron chi connectivity index (χ4n) is 3.05. The molecule has 1 unspecified atom stereocenters. The van der Waals surface area contributed by atoms with Crippen molar-refractivity contribution >= 4 is 5.91 Å². The SMILES string of the molecule is CC(C(=O)NC1CCCCC1)n1nc(-c2cccnc2)ccc1=O. The molecule has 2 aromatic heterocycles. The zero-order chi connectivity index (χ0) is 16.9. The van der Waals surface area contributed by atoms with Gasteiger partial charge in [0, 0.05) is 30.1 Å². The topological polar surface area (TPSA) is 76.9 Å². The highest BCUT2D eigenvalue weighted by atomic mass is 16.2. The van der Waals surface area contributed by atoms with Crippen molar-refractivity contribution in [2.24, 2.45) is 0 Å². The summed E-state index contributed by atoms with van der Waals surface area (Å²) in [4.78, 5) is 28.7. The molecule has 126 valence electrons. The summed E-state index contributed by atoms with van der Waals surface area (Å²) in [6, 6.07) is 6.35. The first-order valence-corrected chi connectivity index (χ1v) is 8.46. The first-order chi connectivity index (χ1) is 11.6. The van der Waals surface area contributed by atoms with Gasteiger partial charge in [-0.05, 0) is 38.0 Å². The van der Waals surface area contributed by atoms with Gasteiger partial charge in [-0.3, -0.25) is 14.6 Å². The number of nitrogens with zero attached hydrogens (tertiary/aromatic N) is 3. The molecule has 1 fully saturated rings. The van der Waals surface area contributed by atoms with Crippen molar-refractivity contribution in [3.8, 4) is 11.3 Å². The van der Waals surface area contributed by atoms with E-state index in [1.165, 1.54) is 17.2 Å². The number of pyridine rings is 1. The van der Waals surface area contributed by atoms with E-state index in [2.05, 4.69) is 15.4 Å². The van der Waals surface area contributed by atoms with Crippen molar-refractivity contribution in [1.82, 2.24) is 20.1 Å². The average molecular weight is 326 g/mol. The first kappa shape index (κ1) is 16.4. The molecule has 6 heteroatoms. The zero-order valence-electron chi connectivity index (χ0n) is 13.8. The second-order valence-corrected chi connectivity index (χ2v) is 6.26. The van der Waals surface area contributed by atoms with E-state index in [0.29, 0.717) is 5.69 Å². The maximum atomic E-state index is 12.5. The maximum Gasteiger partial charge on any atom is 0.267 e.